The van der Waals surface area contributed by atoms with Crippen molar-refractivity contribution in [2.24, 2.45) is 10.2 Å². The standard InChI is InChI=1S/C28H24N4O5/c1-2-19-3-5-21(6-4-19)18-36-15-16-37-24-13-11-23(12-14-24)32-31-22-9-7-20(8-10-22)17-25-26(33)29-28(35)30-27(25)34/h2-14,17H,1,15-16,18H2,(H2,29,30,33,34,35). The average Bonchev–Trinajstić information content (AvgIpc) is 2.91. The van der Waals surface area contributed by atoms with Crippen molar-refractivity contribution in [3.63, 3.8) is 0 Å². The van der Waals surface area contributed by atoms with Crippen molar-refractivity contribution >= 4 is 41.4 Å². The van der Waals surface area contributed by atoms with Gasteiger partial charge >= 0.3 is 6.03 Å². The summed E-state index contributed by atoms with van der Waals surface area (Å²) in [5.41, 5.74) is 3.86. The van der Waals surface area contributed by atoms with Crippen molar-refractivity contribution in [3.05, 3.63) is 102 Å². The largest absolute Gasteiger partial charge is 0.491 e. The highest BCUT2D eigenvalue weighted by molar-refractivity contribution is 6.31. The van der Waals surface area contributed by atoms with Crippen LogP contribution in [0.3, 0.4) is 0 Å². The summed E-state index contributed by atoms with van der Waals surface area (Å²) < 4.78 is 11.4. The molecule has 4 amide bonds. The molecular formula is C28H24N4O5. The van der Waals surface area contributed by atoms with Crippen LogP contribution in [-0.2, 0) is 20.9 Å². The van der Waals surface area contributed by atoms with Crippen LogP contribution in [0.5, 0.6) is 5.75 Å². The van der Waals surface area contributed by atoms with Crippen LogP contribution >= 0.6 is 0 Å². The summed E-state index contributed by atoms with van der Waals surface area (Å²) in [6.45, 7) is 5.15. The zero-order chi connectivity index (χ0) is 26.0. The van der Waals surface area contributed by atoms with Crippen LogP contribution in [0.1, 0.15) is 16.7 Å². The van der Waals surface area contributed by atoms with Crippen LogP contribution in [0, 0.1) is 0 Å². The normalized spacial score (nSPS) is 13.3. The van der Waals surface area contributed by atoms with Crippen LogP contribution in [0.4, 0.5) is 16.2 Å². The molecule has 1 heterocycles. The lowest BCUT2D eigenvalue weighted by atomic mass is 10.1. The number of azo groups is 1. The number of urea groups is 1. The second-order valence-electron chi connectivity index (χ2n) is 7.93. The maximum absolute atomic E-state index is 11.8. The minimum Gasteiger partial charge on any atom is -0.491 e. The Kier molecular flexibility index (Phi) is 8.30. The second kappa shape index (κ2) is 12.2. The molecule has 0 unspecified atom stereocenters. The number of nitrogens with zero attached hydrogens (tertiary/aromatic N) is 2. The molecule has 1 aliphatic rings. The number of hydrogen-bond acceptors (Lipinski definition) is 7. The van der Waals surface area contributed by atoms with Crippen molar-refractivity contribution in [1.29, 1.82) is 0 Å². The molecule has 0 bridgehead atoms. The monoisotopic (exact) mass is 496 g/mol. The number of benzene rings is 3. The van der Waals surface area contributed by atoms with Gasteiger partial charge in [0.15, 0.2) is 0 Å². The third-order valence-corrected chi connectivity index (χ3v) is 5.25. The Morgan fingerprint density at radius 2 is 1.30 bits per heavy atom. The molecule has 186 valence electrons. The first kappa shape index (κ1) is 25.2. The van der Waals surface area contributed by atoms with Crippen LogP contribution < -0.4 is 15.4 Å². The fraction of sp³-hybridized carbons (Fsp3) is 0.107. The Labute approximate surface area is 213 Å². The molecule has 37 heavy (non-hydrogen) atoms. The average molecular weight is 497 g/mol. The Hall–Kier alpha value is -4.89. The molecule has 3 aromatic carbocycles. The fourth-order valence-corrected chi connectivity index (χ4v) is 3.29. The summed E-state index contributed by atoms with van der Waals surface area (Å²) in [7, 11) is 0. The summed E-state index contributed by atoms with van der Waals surface area (Å²) in [6.07, 6.45) is 3.19. The number of rotatable bonds is 10. The van der Waals surface area contributed by atoms with E-state index in [4.69, 9.17) is 9.47 Å². The van der Waals surface area contributed by atoms with Crippen molar-refractivity contribution < 1.29 is 23.9 Å². The van der Waals surface area contributed by atoms with Gasteiger partial charge in [0.1, 0.15) is 17.9 Å². The van der Waals surface area contributed by atoms with Gasteiger partial charge in [-0.15, -0.1) is 0 Å². The third-order valence-electron chi connectivity index (χ3n) is 5.25. The molecule has 0 aromatic heterocycles. The molecule has 9 nitrogen and oxygen atoms in total. The van der Waals surface area contributed by atoms with E-state index >= 15 is 0 Å². The van der Waals surface area contributed by atoms with Crippen molar-refractivity contribution in [2.45, 2.75) is 6.61 Å². The predicted octanol–water partition coefficient (Wildman–Crippen LogP) is 5.09. The van der Waals surface area contributed by atoms with Crippen molar-refractivity contribution in [1.82, 2.24) is 10.6 Å². The Morgan fingerprint density at radius 3 is 1.89 bits per heavy atom. The van der Waals surface area contributed by atoms with E-state index in [2.05, 4.69) is 16.8 Å². The molecule has 0 spiro atoms. The number of nitrogens with one attached hydrogen (secondary N) is 2. The van der Waals surface area contributed by atoms with E-state index in [0.29, 0.717) is 42.5 Å². The summed E-state index contributed by atoms with van der Waals surface area (Å²) in [6, 6.07) is 21.2. The van der Waals surface area contributed by atoms with Gasteiger partial charge in [0, 0.05) is 0 Å². The minimum atomic E-state index is -0.835. The zero-order valence-electron chi connectivity index (χ0n) is 19.8. The molecule has 0 aliphatic carbocycles. The van der Waals surface area contributed by atoms with Gasteiger partial charge in [0.2, 0.25) is 0 Å². The molecule has 1 saturated heterocycles. The van der Waals surface area contributed by atoms with Gasteiger partial charge in [0.25, 0.3) is 11.8 Å². The molecule has 1 aliphatic heterocycles. The smallest absolute Gasteiger partial charge is 0.328 e. The zero-order valence-corrected chi connectivity index (χ0v) is 19.8. The number of imide groups is 2. The summed E-state index contributed by atoms with van der Waals surface area (Å²) in [5.74, 6) is -0.785. The van der Waals surface area contributed by atoms with Gasteiger partial charge in [-0.25, -0.2) is 4.79 Å². The molecular weight excluding hydrogens is 472 g/mol. The highest BCUT2D eigenvalue weighted by atomic mass is 16.5. The summed E-state index contributed by atoms with van der Waals surface area (Å²) in [5, 5.41) is 12.5. The van der Waals surface area contributed by atoms with Crippen molar-refractivity contribution in [2.75, 3.05) is 13.2 Å². The maximum Gasteiger partial charge on any atom is 0.328 e. The second-order valence-corrected chi connectivity index (χ2v) is 7.93. The van der Waals surface area contributed by atoms with E-state index in [1.165, 1.54) is 6.08 Å². The maximum atomic E-state index is 11.8. The molecule has 1 fully saturated rings. The first-order valence-electron chi connectivity index (χ1n) is 11.4. The van der Waals surface area contributed by atoms with Crippen LogP contribution in [-0.4, -0.2) is 31.1 Å². The molecule has 3 aromatic rings. The van der Waals surface area contributed by atoms with Gasteiger partial charge in [-0.05, 0) is 59.2 Å². The van der Waals surface area contributed by atoms with E-state index in [0.717, 1.165) is 11.1 Å². The summed E-state index contributed by atoms with van der Waals surface area (Å²) >= 11 is 0. The molecule has 0 atom stereocenters. The Bertz CT molecular complexity index is 1320. The van der Waals surface area contributed by atoms with Gasteiger partial charge in [-0.1, -0.05) is 49.1 Å². The van der Waals surface area contributed by atoms with Gasteiger partial charge in [0.05, 0.1) is 24.6 Å². The lowest BCUT2D eigenvalue weighted by molar-refractivity contribution is -0.123. The molecule has 9 heteroatoms. The Balaban J connectivity index is 1.23. The highest BCUT2D eigenvalue weighted by Gasteiger charge is 2.27. The predicted molar refractivity (Wildman–Crippen MR) is 138 cm³/mol. The first-order chi connectivity index (χ1) is 18.0. The van der Waals surface area contributed by atoms with Crippen LogP contribution in [0.15, 0.2) is 95.2 Å². The van der Waals surface area contributed by atoms with Gasteiger partial charge < -0.3 is 9.47 Å². The molecule has 2 N–H and O–H groups in total. The van der Waals surface area contributed by atoms with E-state index in [1.54, 1.807) is 42.5 Å². The number of hydrogen-bond donors (Lipinski definition) is 2. The van der Waals surface area contributed by atoms with Crippen molar-refractivity contribution in [3.8, 4) is 5.75 Å². The van der Waals surface area contributed by atoms with E-state index < -0.39 is 17.8 Å². The first-order valence-corrected chi connectivity index (χ1v) is 11.4. The van der Waals surface area contributed by atoms with Gasteiger partial charge in [-0.2, -0.15) is 10.2 Å². The van der Waals surface area contributed by atoms with E-state index in [9.17, 15) is 14.4 Å². The number of carbonyl (C=O) groups excluding carboxylic acids is 3. The molecule has 0 saturated carbocycles. The molecule has 4 rings (SSSR count). The fourth-order valence-electron chi connectivity index (χ4n) is 3.29. The molecule has 0 radical (unpaired) electrons. The SMILES string of the molecule is C=Cc1ccc(COCCOc2ccc(N=Nc3ccc(C=C4C(=O)NC(=O)NC4=O)cc3)cc2)cc1. The van der Waals surface area contributed by atoms with E-state index in [-0.39, 0.29) is 5.57 Å². The third kappa shape index (κ3) is 7.30. The van der Waals surface area contributed by atoms with Crippen LogP contribution in [0.2, 0.25) is 0 Å². The van der Waals surface area contributed by atoms with Gasteiger partial charge in [-0.3, -0.25) is 20.2 Å². The lowest BCUT2D eigenvalue weighted by Crippen LogP contribution is -2.51. The lowest BCUT2D eigenvalue weighted by Gasteiger charge is -2.13. The van der Waals surface area contributed by atoms with Crippen LogP contribution in [0.25, 0.3) is 12.2 Å². The number of amides is 4. The topological polar surface area (TPSA) is 118 Å². The quantitative estimate of drug-likeness (QED) is 0.175. The summed E-state index contributed by atoms with van der Waals surface area (Å²) in [4.78, 5) is 34.8. The minimum absolute atomic E-state index is 0.151. The van der Waals surface area contributed by atoms with E-state index in [1.807, 2.05) is 47.0 Å². The number of barbiturate groups is 1. The Morgan fingerprint density at radius 1 is 0.730 bits per heavy atom. The number of carbonyl (C=O) groups is 3. The number of ether oxygens (including phenoxy) is 2. The highest BCUT2D eigenvalue weighted by Crippen LogP contribution is 2.22.